The summed E-state index contributed by atoms with van der Waals surface area (Å²) >= 11 is 0. The maximum absolute atomic E-state index is 11.7. The van der Waals surface area contributed by atoms with Gasteiger partial charge in [-0.25, -0.2) is 4.79 Å². The molecule has 1 N–H and O–H groups in total. The van der Waals surface area contributed by atoms with Crippen molar-refractivity contribution in [3.8, 4) is 0 Å². The molecule has 5 heteroatoms. The van der Waals surface area contributed by atoms with Gasteiger partial charge in [-0.1, -0.05) is 20.8 Å². The molecule has 0 radical (unpaired) electrons. The van der Waals surface area contributed by atoms with Crippen molar-refractivity contribution < 1.29 is 0 Å². The van der Waals surface area contributed by atoms with E-state index in [0.29, 0.717) is 18.4 Å². The lowest BCUT2D eigenvalue weighted by Crippen LogP contribution is -2.39. The molecule has 0 aliphatic rings. The van der Waals surface area contributed by atoms with Crippen molar-refractivity contribution in [2.75, 3.05) is 6.54 Å². The lowest BCUT2D eigenvalue weighted by Gasteiger charge is -2.17. The summed E-state index contributed by atoms with van der Waals surface area (Å²) in [6.07, 6.45) is 0. The highest BCUT2D eigenvalue weighted by atomic mass is 16.2. The van der Waals surface area contributed by atoms with E-state index < -0.39 is 0 Å². The zero-order valence-electron chi connectivity index (χ0n) is 11.9. The summed E-state index contributed by atoms with van der Waals surface area (Å²) < 4.78 is 2.62. The van der Waals surface area contributed by atoms with Gasteiger partial charge in [0.1, 0.15) is 0 Å². The van der Waals surface area contributed by atoms with Gasteiger partial charge in [-0.3, -0.25) is 13.9 Å². The molecule has 1 unspecified atom stereocenters. The van der Waals surface area contributed by atoms with E-state index in [1.165, 1.54) is 17.7 Å². The van der Waals surface area contributed by atoms with Crippen molar-refractivity contribution in [2.45, 2.75) is 27.3 Å². The van der Waals surface area contributed by atoms with Gasteiger partial charge in [0.25, 0.3) is 5.56 Å². The van der Waals surface area contributed by atoms with E-state index in [2.05, 4.69) is 26.1 Å². The second kappa shape index (κ2) is 6.00. The number of nitrogens with one attached hydrogen (secondary N) is 1. The molecule has 18 heavy (non-hydrogen) atoms. The second-order valence-electron chi connectivity index (χ2n) is 5.23. The zero-order valence-corrected chi connectivity index (χ0v) is 11.9. The number of hydrogen-bond acceptors (Lipinski definition) is 3. The van der Waals surface area contributed by atoms with Gasteiger partial charge in [-0.05, 0) is 18.4 Å². The van der Waals surface area contributed by atoms with Crippen LogP contribution in [-0.4, -0.2) is 15.7 Å². The SMILES string of the molecule is CC(C)C(C)CNCc1cc(=O)n(C)c(=O)n1C. The molecule has 0 bridgehead atoms. The van der Waals surface area contributed by atoms with Crippen LogP contribution in [0.5, 0.6) is 0 Å². The second-order valence-corrected chi connectivity index (χ2v) is 5.23. The molecule has 0 aliphatic heterocycles. The fourth-order valence-corrected chi connectivity index (χ4v) is 1.61. The molecule has 1 atom stereocenters. The summed E-state index contributed by atoms with van der Waals surface area (Å²) in [5, 5.41) is 3.29. The zero-order chi connectivity index (χ0) is 13.9. The van der Waals surface area contributed by atoms with Crippen LogP contribution in [0.1, 0.15) is 26.5 Å². The Hall–Kier alpha value is -1.36. The Morgan fingerprint density at radius 1 is 1.17 bits per heavy atom. The van der Waals surface area contributed by atoms with Crippen molar-refractivity contribution in [1.82, 2.24) is 14.5 Å². The summed E-state index contributed by atoms with van der Waals surface area (Å²) in [6.45, 7) is 7.96. The number of hydrogen-bond donors (Lipinski definition) is 1. The van der Waals surface area contributed by atoms with Crippen molar-refractivity contribution in [1.29, 1.82) is 0 Å². The fourth-order valence-electron chi connectivity index (χ4n) is 1.61. The Balaban J connectivity index is 2.75. The molecule has 1 rings (SSSR count). The molecule has 0 amide bonds. The first-order chi connectivity index (χ1) is 8.34. The van der Waals surface area contributed by atoms with Crippen molar-refractivity contribution in [3.63, 3.8) is 0 Å². The monoisotopic (exact) mass is 253 g/mol. The van der Waals surface area contributed by atoms with Gasteiger partial charge in [0.05, 0.1) is 0 Å². The number of aromatic nitrogens is 2. The largest absolute Gasteiger partial charge is 0.330 e. The van der Waals surface area contributed by atoms with Crippen LogP contribution in [-0.2, 0) is 20.6 Å². The quantitative estimate of drug-likeness (QED) is 0.829. The van der Waals surface area contributed by atoms with E-state index >= 15 is 0 Å². The molecule has 102 valence electrons. The average molecular weight is 253 g/mol. The maximum atomic E-state index is 11.7. The normalized spacial score (nSPS) is 13.0. The van der Waals surface area contributed by atoms with Gasteiger partial charge >= 0.3 is 5.69 Å². The molecule has 1 aromatic rings. The van der Waals surface area contributed by atoms with Crippen LogP contribution in [0.15, 0.2) is 15.7 Å². The smallest absolute Gasteiger partial charge is 0.311 e. The van der Waals surface area contributed by atoms with E-state index in [0.717, 1.165) is 16.8 Å². The van der Waals surface area contributed by atoms with Crippen molar-refractivity contribution >= 4 is 0 Å². The standard InChI is InChI=1S/C13H23N3O2/c1-9(2)10(3)7-14-8-11-6-12(17)16(5)13(18)15(11)4/h6,9-10,14H,7-8H2,1-5H3. The van der Waals surface area contributed by atoms with E-state index in [4.69, 9.17) is 0 Å². The minimum absolute atomic E-state index is 0.258. The first-order valence-corrected chi connectivity index (χ1v) is 6.31. The van der Waals surface area contributed by atoms with Crippen LogP contribution in [0.25, 0.3) is 0 Å². The van der Waals surface area contributed by atoms with E-state index in [1.54, 1.807) is 7.05 Å². The molecule has 0 saturated heterocycles. The Morgan fingerprint density at radius 2 is 1.78 bits per heavy atom. The van der Waals surface area contributed by atoms with Crippen LogP contribution >= 0.6 is 0 Å². The summed E-state index contributed by atoms with van der Waals surface area (Å²) in [6, 6.07) is 1.51. The Labute approximate surface area is 107 Å². The summed E-state index contributed by atoms with van der Waals surface area (Å²) in [4.78, 5) is 23.3. The first kappa shape index (κ1) is 14.7. The Bertz CT molecular complexity index is 514. The molecule has 0 aromatic carbocycles. The van der Waals surface area contributed by atoms with Crippen LogP contribution in [0.2, 0.25) is 0 Å². The lowest BCUT2D eigenvalue weighted by atomic mass is 9.98. The molecule has 0 fully saturated rings. The Kier molecular flexibility index (Phi) is 4.90. The summed E-state index contributed by atoms with van der Waals surface area (Å²) in [5.41, 5.74) is 0.182. The molecule has 1 heterocycles. The van der Waals surface area contributed by atoms with Crippen molar-refractivity contribution in [2.24, 2.45) is 25.9 Å². The first-order valence-electron chi connectivity index (χ1n) is 6.31. The minimum Gasteiger partial charge on any atom is -0.311 e. The third kappa shape index (κ3) is 3.32. The highest BCUT2D eigenvalue weighted by Crippen LogP contribution is 2.07. The van der Waals surface area contributed by atoms with Gasteiger partial charge in [0, 0.05) is 32.4 Å². The van der Waals surface area contributed by atoms with Crippen LogP contribution in [0, 0.1) is 11.8 Å². The van der Waals surface area contributed by atoms with Crippen LogP contribution in [0.3, 0.4) is 0 Å². The topological polar surface area (TPSA) is 56.0 Å². The van der Waals surface area contributed by atoms with Gasteiger partial charge in [-0.2, -0.15) is 0 Å². The molecule has 0 saturated carbocycles. The summed E-state index contributed by atoms with van der Waals surface area (Å²) in [5.74, 6) is 1.18. The Morgan fingerprint density at radius 3 is 2.33 bits per heavy atom. The van der Waals surface area contributed by atoms with Crippen LogP contribution in [0.4, 0.5) is 0 Å². The lowest BCUT2D eigenvalue weighted by molar-refractivity contribution is 0.389. The molecular weight excluding hydrogens is 230 g/mol. The predicted octanol–water partition coefficient (Wildman–Crippen LogP) is 0.466. The van der Waals surface area contributed by atoms with Gasteiger partial charge in [0.2, 0.25) is 0 Å². The molecule has 0 spiro atoms. The third-order valence-corrected chi connectivity index (χ3v) is 3.54. The van der Waals surface area contributed by atoms with E-state index in [1.807, 2.05) is 0 Å². The van der Waals surface area contributed by atoms with E-state index in [-0.39, 0.29) is 11.2 Å². The predicted molar refractivity (Wildman–Crippen MR) is 72.6 cm³/mol. The maximum Gasteiger partial charge on any atom is 0.330 e. The minimum atomic E-state index is -0.281. The molecular formula is C13H23N3O2. The summed E-state index contributed by atoms with van der Waals surface area (Å²) in [7, 11) is 3.17. The highest BCUT2D eigenvalue weighted by Gasteiger charge is 2.08. The van der Waals surface area contributed by atoms with Crippen LogP contribution < -0.4 is 16.6 Å². The third-order valence-electron chi connectivity index (χ3n) is 3.54. The van der Waals surface area contributed by atoms with Gasteiger partial charge < -0.3 is 5.32 Å². The molecule has 1 aromatic heterocycles. The molecule has 5 nitrogen and oxygen atoms in total. The van der Waals surface area contributed by atoms with Crippen molar-refractivity contribution in [3.05, 3.63) is 32.6 Å². The number of rotatable bonds is 5. The highest BCUT2D eigenvalue weighted by molar-refractivity contribution is 5.01. The van der Waals surface area contributed by atoms with E-state index in [9.17, 15) is 9.59 Å². The average Bonchev–Trinajstić information content (AvgIpc) is 2.32. The molecule has 0 aliphatic carbocycles. The fraction of sp³-hybridized carbons (Fsp3) is 0.692. The van der Waals surface area contributed by atoms with Gasteiger partial charge in [0.15, 0.2) is 0 Å². The number of nitrogens with zero attached hydrogens (tertiary/aromatic N) is 2. The van der Waals surface area contributed by atoms with Gasteiger partial charge in [-0.15, -0.1) is 0 Å².